The Balaban J connectivity index is 1.96. The Hall–Kier alpha value is -2.56. The Labute approximate surface area is 136 Å². The van der Waals surface area contributed by atoms with E-state index in [4.69, 9.17) is 15.2 Å². The second kappa shape index (κ2) is 6.69. The standard InChI is InChI=1S/C18H21N3O2/c1-22-14-9-7-13(8-10-14)20-17(19)15-11-12-5-3-4-6-16(12)21-18(15)23-2/h7-11H,3-6H2,1-2H3,(H2,19,20). The zero-order chi connectivity index (χ0) is 16.2. The first-order chi connectivity index (χ1) is 11.2. The number of aliphatic imine (C=N–C) groups is 1. The fourth-order valence-corrected chi connectivity index (χ4v) is 2.81. The molecule has 2 aromatic rings. The summed E-state index contributed by atoms with van der Waals surface area (Å²) in [4.78, 5) is 9.10. The smallest absolute Gasteiger partial charge is 0.224 e. The molecule has 120 valence electrons. The van der Waals surface area contributed by atoms with Gasteiger partial charge in [0.2, 0.25) is 5.88 Å². The van der Waals surface area contributed by atoms with Crippen LogP contribution in [0.3, 0.4) is 0 Å². The van der Waals surface area contributed by atoms with Crippen LogP contribution < -0.4 is 15.2 Å². The highest BCUT2D eigenvalue weighted by molar-refractivity contribution is 6.01. The molecule has 2 N–H and O–H groups in total. The van der Waals surface area contributed by atoms with Crippen LogP contribution in [0.2, 0.25) is 0 Å². The molecule has 0 spiro atoms. The van der Waals surface area contributed by atoms with Crippen molar-refractivity contribution in [3.63, 3.8) is 0 Å². The Morgan fingerprint density at radius 3 is 2.52 bits per heavy atom. The van der Waals surface area contributed by atoms with E-state index in [9.17, 15) is 0 Å². The highest BCUT2D eigenvalue weighted by Crippen LogP contribution is 2.27. The maximum absolute atomic E-state index is 6.21. The van der Waals surface area contributed by atoms with Gasteiger partial charge in [0.25, 0.3) is 0 Å². The molecule has 0 radical (unpaired) electrons. The van der Waals surface area contributed by atoms with Crippen molar-refractivity contribution in [2.24, 2.45) is 10.7 Å². The molecule has 3 rings (SSSR count). The van der Waals surface area contributed by atoms with Crippen LogP contribution in [-0.4, -0.2) is 25.0 Å². The van der Waals surface area contributed by atoms with Crippen molar-refractivity contribution < 1.29 is 9.47 Å². The summed E-state index contributed by atoms with van der Waals surface area (Å²) in [7, 11) is 3.25. The molecule has 1 heterocycles. The third-order valence-electron chi connectivity index (χ3n) is 4.06. The van der Waals surface area contributed by atoms with Crippen LogP contribution in [0.25, 0.3) is 0 Å². The monoisotopic (exact) mass is 311 g/mol. The molecular formula is C18H21N3O2. The predicted molar refractivity (Wildman–Crippen MR) is 90.8 cm³/mol. The van der Waals surface area contributed by atoms with E-state index in [2.05, 4.69) is 16.0 Å². The predicted octanol–water partition coefficient (Wildman–Crippen LogP) is 3.01. The minimum Gasteiger partial charge on any atom is -0.497 e. The molecule has 1 aromatic carbocycles. The molecule has 0 aliphatic heterocycles. The topological polar surface area (TPSA) is 69.7 Å². The zero-order valence-corrected chi connectivity index (χ0v) is 13.5. The van der Waals surface area contributed by atoms with Crippen LogP contribution in [0.4, 0.5) is 5.69 Å². The zero-order valence-electron chi connectivity index (χ0n) is 13.5. The minimum atomic E-state index is 0.410. The molecule has 0 amide bonds. The molecule has 1 aromatic heterocycles. The van der Waals surface area contributed by atoms with Gasteiger partial charge in [-0.05, 0) is 61.6 Å². The Morgan fingerprint density at radius 1 is 1.09 bits per heavy atom. The van der Waals surface area contributed by atoms with E-state index in [0.717, 1.165) is 35.5 Å². The van der Waals surface area contributed by atoms with Crippen molar-refractivity contribution in [3.05, 3.63) is 47.2 Å². The third kappa shape index (κ3) is 3.28. The molecule has 23 heavy (non-hydrogen) atoms. The van der Waals surface area contributed by atoms with E-state index in [1.165, 1.54) is 18.4 Å². The number of pyridine rings is 1. The minimum absolute atomic E-state index is 0.410. The summed E-state index contributed by atoms with van der Waals surface area (Å²) < 4.78 is 10.6. The second-order valence-corrected chi connectivity index (χ2v) is 5.55. The molecule has 0 bridgehead atoms. The first-order valence-electron chi connectivity index (χ1n) is 7.76. The van der Waals surface area contributed by atoms with Gasteiger partial charge in [-0.25, -0.2) is 9.98 Å². The van der Waals surface area contributed by atoms with Gasteiger partial charge in [-0.15, -0.1) is 0 Å². The summed E-state index contributed by atoms with van der Waals surface area (Å²) in [6.45, 7) is 0. The van der Waals surface area contributed by atoms with Crippen LogP contribution in [0.5, 0.6) is 11.6 Å². The largest absolute Gasteiger partial charge is 0.497 e. The first-order valence-corrected chi connectivity index (χ1v) is 7.76. The summed E-state index contributed by atoms with van der Waals surface area (Å²) in [5.74, 6) is 1.74. The Kier molecular flexibility index (Phi) is 4.46. The van der Waals surface area contributed by atoms with Crippen molar-refractivity contribution >= 4 is 11.5 Å². The van der Waals surface area contributed by atoms with Gasteiger partial charge in [0, 0.05) is 5.69 Å². The van der Waals surface area contributed by atoms with Gasteiger partial charge in [0.15, 0.2) is 0 Å². The SMILES string of the molecule is COc1ccc(N=C(N)c2cc3c(nc2OC)CCCC3)cc1. The lowest BCUT2D eigenvalue weighted by Crippen LogP contribution is -2.17. The van der Waals surface area contributed by atoms with Crippen molar-refractivity contribution in [1.29, 1.82) is 0 Å². The number of methoxy groups -OCH3 is 2. The highest BCUT2D eigenvalue weighted by Gasteiger charge is 2.17. The van der Waals surface area contributed by atoms with Gasteiger partial charge in [0.05, 0.1) is 25.5 Å². The number of rotatable bonds is 4. The van der Waals surface area contributed by atoms with Crippen LogP contribution in [-0.2, 0) is 12.8 Å². The van der Waals surface area contributed by atoms with E-state index < -0.39 is 0 Å². The van der Waals surface area contributed by atoms with Crippen LogP contribution >= 0.6 is 0 Å². The van der Waals surface area contributed by atoms with Crippen LogP contribution in [0, 0.1) is 0 Å². The highest BCUT2D eigenvalue weighted by atomic mass is 16.5. The maximum Gasteiger partial charge on any atom is 0.224 e. The van der Waals surface area contributed by atoms with Gasteiger partial charge < -0.3 is 15.2 Å². The molecular weight excluding hydrogens is 290 g/mol. The summed E-state index contributed by atoms with van der Waals surface area (Å²) in [6, 6.07) is 9.51. The molecule has 1 aliphatic rings. The maximum atomic E-state index is 6.21. The number of benzene rings is 1. The number of hydrogen-bond donors (Lipinski definition) is 1. The lowest BCUT2D eigenvalue weighted by Gasteiger charge is -2.17. The number of aryl methyl sites for hydroxylation is 2. The summed E-state index contributed by atoms with van der Waals surface area (Å²) >= 11 is 0. The van der Waals surface area contributed by atoms with Crippen LogP contribution in [0.15, 0.2) is 35.3 Å². The molecule has 0 saturated heterocycles. The average molecular weight is 311 g/mol. The normalized spacial score (nSPS) is 14.3. The van der Waals surface area contributed by atoms with Crippen molar-refractivity contribution in [2.75, 3.05) is 14.2 Å². The number of ether oxygens (including phenoxy) is 2. The summed E-state index contributed by atoms with van der Waals surface area (Å²) in [5, 5.41) is 0. The van der Waals surface area contributed by atoms with Gasteiger partial charge in [-0.3, -0.25) is 0 Å². The van der Waals surface area contributed by atoms with Crippen molar-refractivity contribution in [2.45, 2.75) is 25.7 Å². The van der Waals surface area contributed by atoms with Gasteiger partial charge in [-0.2, -0.15) is 0 Å². The number of fused-ring (bicyclic) bond motifs is 1. The number of amidine groups is 1. The van der Waals surface area contributed by atoms with Gasteiger partial charge in [0.1, 0.15) is 11.6 Å². The van der Waals surface area contributed by atoms with Gasteiger partial charge in [-0.1, -0.05) is 0 Å². The number of aromatic nitrogens is 1. The number of hydrogen-bond acceptors (Lipinski definition) is 4. The van der Waals surface area contributed by atoms with E-state index in [0.29, 0.717) is 11.7 Å². The molecule has 5 heteroatoms. The molecule has 0 unspecified atom stereocenters. The van der Waals surface area contributed by atoms with Crippen molar-refractivity contribution in [1.82, 2.24) is 4.98 Å². The number of nitrogens with two attached hydrogens (primary N) is 1. The quantitative estimate of drug-likeness (QED) is 0.696. The lowest BCUT2D eigenvalue weighted by molar-refractivity contribution is 0.394. The van der Waals surface area contributed by atoms with Crippen molar-refractivity contribution in [3.8, 4) is 11.6 Å². The average Bonchev–Trinajstić information content (AvgIpc) is 2.61. The Bertz CT molecular complexity index is 724. The fourth-order valence-electron chi connectivity index (χ4n) is 2.81. The summed E-state index contributed by atoms with van der Waals surface area (Å²) in [6.07, 6.45) is 4.41. The molecule has 0 saturated carbocycles. The van der Waals surface area contributed by atoms with E-state index in [-0.39, 0.29) is 0 Å². The third-order valence-corrected chi connectivity index (χ3v) is 4.06. The van der Waals surface area contributed by atoms with E-state index >= 15 is 0 Å². The second-order valence-electron chi connectivity index (χ2n) is 5.55. The summed E-state index contributed by atoms with van der Waals surface area (Å²) in [5.41, 5.74) is 10.1. The van der Waals surface area contributed by atoms with Crippen LogP contribution in [0.1, 0.15) is 29.7 Å². The lowest BCUT2D eigenvalue weighted by atomic mass is 9.95. The molecule has 5 nitrogen and oxygen atoms in total. The Morgan fingerprint density at radius 2 is 1.83 bits per heavy atom. The fraction of sp³-hybridized carbons (Fsp3) is 0.333. The number of nitrogens with zero attached hydrogens (tertiary/aromatic N) is 2. The molecule has 1 aliphatic carbocycles. The van der Waals surface area contributed by atoms with E-state index in [1.807, 2.05) is 24.3 Å². The van der Waals surface area contributed by atoms with Gasteiger partial charge >= 0.3 is 0 Å². The van der Waals surface area contributed by atoms with E-state index in [1.54, 1.807) is 14.2 Å². The molecule has 0 atom stereocenters. The first kappa shape index (κ1) is 15.3. The molecule has 0 fully saturated rings.